The summed E-state index contributed by atoms with van der Waals surface area (Å²) in [5, 5.41) is 6.61. The number of furan rings is 1. The van der Waals surface area contributed by atoms with Crippen LogP contribution >= 0.6 is 46.1 Å². The van der Waals surface area contributed by atoms with Crippen molar-refractivity contribution in [3.63, 3.8) is 0 Å². The number of nitrogens with one attached hydrogen (secondary N) is 1. The van der Waals surface area contributed by atoms with Gasteiger partial charge in [-0.05, 0) is 42.5 Å². The molecule has 0 saturated carbocycles. The summed E-state index contributed by atoms with van der Waals surface area (Å²) in [5.74, 6) is 0.303. The van der Waals surface area contributed by atoms with E-state index in [1.165, 1.54) is 11.3 Å². The van der Waals surface area contributed by atoms with Crippen LogP contribution in [0.15, 0.2) is 64.4 Å². The lowest BCUT2D eigenvalue weighted by Crippen LogP contribution is -2.10. The van der Waals surface area contributed by atoms with E-state index in [0.29, 0.717) is 26.0 Å². The Morgan fingerprint density at radius 1 is 0.929 bits per heavy atom. The standard InChI is InChI=1S/C20H11Cl3N2O2S/c21-13-4-1-11(2-5-13)16-10-28-20(24-16)25-19(26)18-8-7-17(27-18)12-3-6-14(22)15(23)9-12/h1-10H,(H,24,25,26). The second-order valence-corrected chi connectivity index (χ2v) is 7.90. The Kier molecular flexibility index (Phi) is 5.42. The van der Waals surface area contributed by atoms with Crippen LogP contribution in [0.25, 0.3) is 22.6 Å². The number of halogens is 3. The molecule has 28 heavy (non-hydrogen) atoms. The van der Waals surface area contributed by atoms with Gasteiger partial charge in [0.1, 0.15) is 5.76 Å². The molecule has 2 aromatic heterocycles. The molecular weight excluding hydrogens is 439 g/mol. The summed E-state index contributed by atoms with van der Waals surface area (Å²) in [6, 6.07) is 15.8. The van der Waals surface area contributed by atoms with Crippen molar-refractivity contribution in [1.82, 2.24) is 4.98 Å². The van der Waals surface area contributed by atoms with Crippen molar-refractivity contribution in [2.45, 2.75) is 0 Å². The van der Waals surface area contributed by atoms with Gasteiger partial charge in [0.15, 0.2) is 10.9 Å². The van der Waals surface area contributed by atoms with Crippen LogP contribution in [0.2, 0.25) is 15.1 Å². The van der Waals surface area contributed by atoms with Gasteiger partial charge in [-0.25, -0.2) is 4.98 Å². The Morgan fingerprint density at radius 3 is 2.43 bits per heavy atom. The van der Waals surface area contributed by atoms with Gasteiger partial charge in [-0.1, -0.05) is 46.9 Å². The molecule has 0 saturated heterocycles. The van der Waals surface area contributed by atoms with E-state index in [4.69, 9.17) is 39.2 Å². The average Bonchev–Trinajstić information content (AvgIpc) is 3.34. The summed E-state index contributed by atoms with van der Waals surface area (Å²) < 4.78 is 5.65. The minimum Gasteiger partial charge on any atom is -0.451 e. The number of nitrogens with zero attached hydrogens (tertiary/aromatic N) is 1. The number of hydrogen-bond donors (Lipinski definition) is 1. The van der Waals surface area contributed by atoms with Gasteiger partial charge in [0.25, 0.3) is 5.91 Å². The Balaban J connectivity index is 1.49. The Morgan fingerprint density at radius 2 is 1.68 bits per heavy atom. The normalized spacial score (nSPS) is 10.8. The molecule has 1 amide bonds. The van der Waals surface area contributed by atoms with E-state index in [2.05, 4.69) is 10.3 Å². The van der Waals surface area contributed by atoms with E-state index in [0.717, 1.165) is 16.8 Å². The van der Waals surface area contributed by atoms with Crippen LogP contribution in [0.1, 0.15) is 10.6 Å². The van der Waals surface area contributed by atoms with Crippen LogP contribution in [0, 0.1) is 0 Å². The molecule has 1 N–H and O–H groups in total. The monoisotopic (exact) mass is 448 g/mol. The number of rotatable bonds is 4. The third kappa shape index (κ3) is 4.08. The first-order valence-corrected chi connectivity index (χ1v) is 10.1. The van der Waals surface area contributed by atoms with Crippen LogP contribution in [0.3, 0.4) is 0 Å². The zero-order valence-electron chi connectivity index (χ0n) is 14.1. The number of benzene rings is 2. The molecule has 2 heterocycles. The van der Waals surface area contributed by atoms with Crippen molar-refractivity contribution in [2.75, 3.05) is 5.32 Å². The minimum atomic E-state index is -0.386. The summed E-state index contributed by atoms with van der Waals surface area (Å²) >= 11 is 19.2. The molecule has 0 aliphatic carbocycles. The predicted molar refractivity (Wildman–Crippen MR) is 115 cm³/mol. The first kappa shape index (κ1) is 19.0. The van der Waals surface area contributed by atoms with Gasteiger partial charge >= 0.3 is 0 Å². The van der Waals surface area contributed by atoms with E-state index < -0.39 is 0 Å². The highest BCUT2D eigenvalue weighted by Gasteiger charge is 2.15. The summed E-state index contributed by atoms with van der Waals surface area (Å²) in [4.78, 5) is 16.9. The molecule has 8 heteroatoms. The Hall–Kier alpha value is -2.31. The summed E-state index contributed by atoms with van der Waals surface area (Å²) in [5.41, 5.74) is 2.40. The van der Waals surface area contributed by atoms with Crippen molar-refractivity contribution in [3.05, 3.63) is 80.8 Å². The summed E-state index contributed by atoms with van der Waals surface area (Å²) in [6.45, 7) is 0. The van der Waals surface area contributed by atoms with Crippen LogP contribution in [0.4, 0.5) is 5.13 Å². The minimum absolute atomic E-state index is 0.171. The number of amides is 1. The fraction of sp³-hybridized carbons (Fsp3) is 0. The lowest BCUT2D eigenvalue weighted by atomic mass is 10.2. The second-order valence-electron chi connectivity index (χ2n) is 5.79. The van der Waals surface area contributed by atoms with Gasteiger partial charge in [0.2, 0.25) is 0 Å². The van der Waals surface area contributed by atoms with E-state index in [-0.39, 0.29) is 11.7 Å². The number of aromatic nitrogens is 1. The first-order chi connectivity index (χ1) is 13.5. The number of carbonyl (C=O) groups excluding carboxylic acids is 1. The average molecular weight is 450 g/mol. The number of carbonyl (C=O) groups is 1. The molecule has 0 bridgehead atoms. The number of thiazole rings is 1. The molecular formula is C20H11Cl3N2O2S. The van der Waals surface area contributed by atoms with E-state index in [9.17, 15) is 4.79 Å². The molecule has 0 aliphatic rings. The predicted octanol–water partition coefficient (Wildman–Crippen LogP) is 7.28. The molecule has 0 aliphatic heterocycles. The molecule has 0 radical (unpaired) electrons. The molecule has 2 aromatic carbocycles. The zero-order valence-corrected chi connectivity index (χ0v) is 17.2. The van der Waals surface area contributed by atoms with Gasteiger partial charge in [-0.2, -0.15) is 0 Å². The maximum absolute atomic E-state index is 12.5. The van der Waals surface area contributed by atoms with E-state index in [1.807, 2.05) is 17.5 Å². The largest absolute Gasteiger partial charge is 0.451 e. The first-order valence-electron chi connectivity index (χ1n) is 8.08. The quantitative estimate of drug-likeness (QED) is 0.356. The fourth-order valence-electron chi connectivity index (χ4n) is 2.51. The number of hydrogen-bond acceptors (Lipinski definition) is 4. The SMILES string of the molecule is O=C(Nc1nc(-c2ccc(Cl)cc2)cs1)c1ccc(-c2ccc(Cl)c(Cl)c2)o1. The van der Waals surface area contributed by atoms with Crippen LogP contribution in [-0.4, -0.2) is 10.9 Å². The molecule has 4 nitrogen and oxygen atoms in total. The Labute approximate surface area is 179 Å². The van der Waals surface area contributed by atoms with Gasteiger partial charge in [-0.3, -0.25) is 10.1 Å². The molecule has 0 atom stereocenters. The van der Waals surface area contributed by atoms with Crippen molar-refractivity contribution in [2.24, 2.45) is 0 Å². The highest BCUT2D eigenvalue weighted by atomic mass is 35.5. The second kappa shape index (κ2) is 7.97. The van der Waals surface area contributed by atoms with Crippen molar-refractivity contribution < 1.29 is 9.21 Å². The zero-order chi connectivity index (χ0) is 19.7. The van der Waals surface area contributed by atoms with Gasteiger partial charge < -0.3 is 4.42 Å². The topological polar surface area (TPSA) is 55.1 Å². The van der Waals surface area contributed by atoms with Gasteiger partial charge in [-0.15, -0.1) is 11.3 Å². The summed E-state index contributed by atoms with van der Waals surface area (Å²) in [7, 11) is 0. The van der Waals surface area contributed by atoms with Gasteiger partial charge in [0, 0.05) is 21.5 Å². The van der Waals surface area contributed by atoms with Gasteiger partial charge in [0.05, 0.1) is 15.7 Å². The molecule has 4 rings (SSSR count). The molecule has 4 aromatic rings. The fourth-order valence-corrected chi connectivity index (χ4v) is 3.65. The van der Waals surface area contributed by atoms with Crippen molar-refractivity contribution >= 4 is 57.2 Å². The summed E-state index contributed by atoms with van der Waals surface area (Å²) in [6.07, 6.45) is 0. The molecule has 140 valence electrons. The molecule has 0 spiro atoms. The maximum Gasteiger partial charge on any atom is 0.293 e. The molecule has 0 fully saturated rings. The lowest BCUT2D eigenvalue weighted by Gasteiger charge is -2.01. The van der Waals surface area contributed by atoms with E-state index >= 15 is 0 Å². The lowest BCUT2D eigenvalue weighted by molar-refractivity contribution is 0.0997. The van der Waals surface area contributed by atoms with Crippen LogP contribution in [0.5, 0.6) is 0 Å². The van der Waals surface area contributed by atoms with Crippen molar-refractivity contribution in [3.8, 4) is 22.6 Å². The van der Waals surface area contributed by atoms with Crippen LogP contribution in [-0.2, 0) is 0 Å². The van der Waals surface area contributed by atoms with E-state index in [1.54, 1.807) is 42.5 Å². The number of anilines is 1. The molecule has 0 unspecified atom stereocenters. The highest BCUT2D eigenvalue weighted by Crippen LogP contribution is 2.30. The Bertz CT molecular complexity index is 1150. The van der Waals surface area contributed by atoms with Crippen molar-refractivity contribution in [1.29, 1.82) is 0 Å². The highest BCUT2D eigenvalue weighted by molar-refractivity contribution is 7.14. The van der Waals surface area contributed by atoms with Crippen LogP contribution < -0.4 is 5.32 Å². The maximum atomic E-state index is 12.5. The smallest absolute Gasteiger partial charge is 0.293 e. The third-order valence-corrected chi connectivity index (χ3v) is 5.65. The third-order valence-electron chi connectivity index (χ3n) is 3.90.